The van der Waals surface area contributed by atoms with E-state index in [9.17, 15) is 9.18 Å². The van der Waals surface area contributed by atoms with Gasteiger partial charge in [0.25, 0.3) is 0 Å². The van der Waals surface area contributed by atoms with Gasteiger partial charge in [0.05, 0.1) is 11.7 Å². The number of amides is 2. The Morgan fingerprint density at radius 2 is 1.65 bits per heavy atom. The van der Waals surface area contributed by atoms with E-state index < -0.39 is 17.7 Å². The number of hydrogen-bond acceptors (Lipinski definition) is 5. The average Bonchev–Trinajstić information content (AvgIpc) is 2.85. The van der Waals surface area contributed by atoms with E-state index in [-0.39, 0.29) is 16.9 Å². The molecule has 4 rings (SSSR count). The summed E-state index contributed by atoms with van der Waals surface area (Å²) in [5.41, 5.74) is 2.32. The number of thioether (sulfide) groups is 2. The van der Waals surface area contributed by atoms with Crippen molar-refractivity contribution in [2.24, 2.45) is 0 Å². The fourth-order valence-electron chi connectivity index (χ4n) is 3.39. The molecule has 2 N–H and O–H groups in total. The molecule has 3 aromatic rings. The van der Waals surface area contributed by atoms with Gasteiger partial charge in [-0.25, -0.2) is 13.6 Å². The van der Waals surface area contributed by atoms with E-state index in [0.29, 0.717) is 16.9 Å². The van der Waals surface area contributed by atoms with Gasteiger partial charge in [-0.1, -0.05) is 12.1 Å². The van der Waals surface area contributed by atoms with Crippen molar-refractivity contribution in [3.05, 3.63) is 83.4 Å². The van der Waals surface area contributed by atoms with Crippen LogP contribution in [0.25, 0.3) is 0 Å². The molecular formula is C25H24F2N2O3S2. The number of urea groups is 1. The highest BCUT2D eigenvalue weighted by Crippen LogP contribution is 2.48. The van der Waals surface area contributed by atoms with E-state index in [0.717, 1.165) is 29.2 Å². The second kappa shape index (κ2) is 11.5. The van der Waals surface area contributed by atoms with E-state index in [4.69, 9.17) is 9.47 Å². The first-order chi connectivity index (χ1) is 16.5. The molecule has 34 heavy (non-hydrogen) atoms. The standard InChI is InChI=1S/C25H24F2N2O3S2/c1-31-20-9-3-16(4-10-20)15-32-23-21(24-33-11-2-12-34-24)13-19(14-22(23)27)29-25(30)28-18-7-5-17(26)6-8-18/h3-10,13-14,24H,2,11-12,15H2,1H3,(H2,28,29,30). The normalized spacial score (nSPS) is 13.9. The average molecular weight is 503 g/mol. The monoisotopic (exact) mass is 502 g/mol. The summed E-state index contributed by atoms with van der Waals surface area (Å²) >= 11 is 3.47. The van der Waals surface area contributed by atoms with Gasteiger partial charge < -0.3 is 20.1 Å². The third-order valence-corrected chi connectivity index (χ3v) is 8.03. The van der Waals surface area contributed by atoms with Gasteiger partial charge in [-0.15, -0.1) is 23.5 Å². The number of methoxy groups -OCH3 is 1. The molecule has 0 saturated carbocycles. The maximum atomic E-state index is 15.2. The molecule has 1 fully saturated rings. The van der Waals surface area contributed by atoms with Crippen molar-refractivity contribution in [3.63, 3.8) is 0 Å². The Bertz CT molecular complexity index is 1120. The number of halogens is 2. The zero-order chi connectivity index (χ0) is 23.9. The number of nitrogens with one attached hydrogen (secondary N) is 2. The second-order valence-electron chi connectivity index (χ2n) is 7.53. The fourth-order valence-corrected chi connectivity index (χ4v) is 6.29. The third kappa shape index (κ3) is 6.36. The lowest BCUT2D eigenvalue weighted by molar-refractivity contribution is 0.262. The number of rotatable bonds is 7. The zero-order valence-electron chi connectivity index (χ0n) is 18.5. The predicted octanol–water partition coefficient (Wildman–Crippen LogP) is 7.07. The van der Waals surface area contributed by atoms with Gasteiger partial charge in [-0.2, -0.15) is 0 Å². The summed E-state index contributed by atoms with van der Waals surface area (Å²) in [5.74, 6) is 1.92. The van der Waals surface area contributed by atoms with Crippen molar-refractivity contribution >= 4 is 40.9 Å². The first-order valence-corrected chi connectivity index (χ1v) is 12.8. The summed E-state index contributed by atoms with van der Waals surface area (Å²) < 4.78 is 39.4. The lowest BCUT2D eigenvalue weighted by Gasteiger charge is -2.24. The molecule has 0 aliphatic carbocycles. The first-order valence-electron chi connectivity index (χ1n) is 10.7. The molecule has 1 aliphatic heterocycles. The topological polar surface area (TPSA) is 59.6 Å². The molecule has 0 radical (unpaired) electrons. The van der Waals surface area contributed by atoms with Crippen LogP contribution in [0.5, 0.6) is 11.5 Å². The van der Waals surface area contributed by atoms with Crippen LogP contribution in [-0.2, 0) is 6.61 Å². The molecule has 1 saturated heterocycles. The fraction of sp³-hybridized carbons (Fsp3) is 0.240. The second-order valence-corrected chi connectivity index (χ2v) is 10.3. The molecular weight excluding hydrogens is 478 g/mol. The van der Waals surface area contributed by atoms with Gasteiger partial charge >= 0.3 is 6.03 Å². The Labute approximate surface area is 205 Å². The Morgan fingerprint density at radius 1 is 0.971 bits per heavy atom. The molecule has 5 nitrogen and oxygen atoms in total. The number of anilines is 2. The Balaban J connectivity index is 1.53. The SMILES string of the molecule is COc1ccc(COc2c(F)cc(NC(=O)Nc3ccc(F)cc3)cc2C2SCCCS2)cc1. The molecule has 178 valence electrons. The van der Waals surface area contributed by atoms with Crippen molar-refractivity contribution in [2.75, 3.05) is 29.2 Å². The molecule has 1 heterocycles. The maximum absolute atomic E-state index is 15.2. The number of hydrogen-bond donors (Lipinski definition) is 2. The summed E-state index contributed by atoms with van der Waals surface area (Å²) in [6.07, 6.45) is 1.09. The van der Waals surface area contributed by atoms with Crippen LogP contribution in [0.4, 0.5) is 25.0 Å². The molecule has 0 unspecified atom stereocenters. The minimum atomic E-state index is -0.548. The molecule has 0 atom stereocenters. The van der Waals surface area contributed by atoms with Crippen LogP contribution in [0.3, 0.4) is 0 Å². The van der Waals surface area contributed by atoms with Crippen LogP contribution in [-0.4, -0.2) is 24.6 Å². The quantitative estimate of drug-likeness (QED) is 0.362. The van der Waals surface area contributed by atoms with E-state index in [1.807, 2.05) is 24.3 Å². The minimum absolute atomic E-state index is 0.00368. The highest BCUT2D eigenvalue weighted by atomic mass is 32.2. The first kappa shape index (κ1) is 24.2. The third-order valence-electron chi connectivity index (χ3n) is 5.06. The van der Waals surface area contributed by atoms with Gasteiger partial charge in [0.2, 0.25) is 0 Å². The molecule has 0 aromatic heterocycles. The largest absolute Gasteiger partial charge is 0.497 e. The van der Waals surface area contributed by atoms with Gasteiger partial charge in [0.1, 0.15) is 18.2 Å². The predicted molar refractivity (Wildman–Crippen MR) is 135 cm³/mol. The summed E-state index contributed by atoms with van der Waals surface area (Å²) in [4.78, 5) is 12.4. The van der Waals surface area contributed by atoms with Crippen molar-refractivity contribution in [3.8, 4) is 11.5 Å². The molecule has 0 spiro atoms. The van der Waals surface area contributed by atoms with Gasteiger partial charge in [0, 0.05) is 23.0 Å². The lowest BCUT2D eigenvalue weighted by atomic mass is 10.1. The smallest absolute Gasteiger partial charge is 0.323 e. The summed E-state index contributed by atoms with van der Waals surface area (Å²) in [6.45, 7) is 0.202. The van der Waals surface area contributed by atoms with E-state index >= 15 is 4.39 Å². The summed E-state index contributed by atoms with van der Waals surface area (Å²) in [7, 11) is 1.60. The van der Waals surface area contributed by atoms with E-state index in [1.165, 1.54) is 30.3 Å². The Hall–Kier alpha value is -2.91. The van der Waals surface area contributed by atoms with Crippen molar-refractivity contribution in [2.45, 2.75) is 17.6 Å². The van der Waals surface area contributed by atoms with Crippen LogP contribution in [0.1, 0.15) is 22.1 Å². The Morgan fingerprint density at radius 3 is 2.32 bits per heavy atom. The zero-order valence-corrected chi connectivity index (χ0v) is 20.1. The summed E-state index contributed by atoms with van der Waals surface area (Å²) in [5, 5.41) is 5.28. The van der Waals surface area contributed by atoms with Crippen molar-refractivity contribution in [1.82, 2.24) is 0 Å². The maximum Gasteiger partial charge on any atom is 0.323 e. The number of carbonyl (C=O) groups is 1. The number of ether oxygens (including phenoxy) is 2. The van der Waals surface area contributed by atoms with Gasteiger partial charge in [-0.3, -0.25) is 0 Å². The highest BCUT2D eigenvalue weighted by molar-refractivity contribution is 8.16. The molecule has 1 aliphatic rings. The Kier molecular flexibility index (Phi) is 8.18. The molecule has 2 amide bonds. The van der Waals surface area contributed by atoms with Crippen LogP contribution in [0, 0.1) is 11.6 Å². The molecule has 9 heteroatoms. The number of benzene rings is 3. The molecule has 0 bridgehead atoms. The minimum Gasteiger partial charge on any atom is -0.497 e. The van der Waals surface area contributed by atoms with Crippen molar-refractivity contribution in [1.29, 1.82) is 0 Å². The molecule has 3 aromatic carbocycles. The van der Waals surface area contributed by atoms with Crippen LogP contribution >= 0.6 is 23.5 Å². The lowest BCUT2D eigenvalue weighted by Crippen LogP contribution is -2.20. The van der Waals surface area contributed by atoms with Crippen LogP contribution in [0.2, 0.25) is 0 Å². The van der Waals surface area contributed by atoms with Crippen LogP contribution < -0.4 is 20.1 Å². The van der Waals surface area contributed by atoms with Gasteiger partial charge in [0.15, 0.2) is 11.6 Å². The highest BCUT2D eigenvalue weighted by Gasteiger charge is 2.24. The summed E-state index contributed by atoms with van der Waals surface area (Å²) in [6, 6.07) is 15.3. The van der Waals surface area contributed by atoms with E-state index in [2.05, 4.69) is 10.6 Å². The van der Waals surface area contributed by atoms with Crippen LogP contribution in [0.15, 0.2) is 60.7 Å². The van der Waals surface area contributed by atoms with Crippen molar-refractivity contribution < 1.29 is 23.0 Å². The number of carbonyl (C=O) groups excluding carboxylic acids is 1. The van der Waals surface area contributed by atoms with Gasteiger partial charge in [-0.05, 0) is 66.0 Å². The van der Waals surface area contributed by atoms with E-state index in [1.54, 1.807) is 36.7 Å².